The van der Waals surface area contributed by atoms with Gasteiger partial charge < -0.3 is 30.4 Å². The molecule has 0 aliphatic rings. The Bertz CT molecular complexity index is 440. The molecule has 0 atom stereocenters. The Labute approximate surface area is 218 Å². The number of ether oxygens (including phenoxy) is 4. The zero-order valence-electron chi connectivity index (χ0n) is 23.1. The molecular formula is C26H52N2O8. The molecule has 0 radical (unpaired) electrons. The zero-order valence-corrected chi connectivity index (χ0v) is 23.1. The summed E-state index contributed by atoms with van der Waals surface area (Å²) in [6, 6.07) is 0. The zero-order chi connectivity index (χ0) is 27.9. The Hall–Kier alpha value is -2.20. The van der Waals surface area contributed by atoms with Crippen molar-refractivity contribution in [1.29, 1.82) is 0 Å². The lowest BCUT2D eigenvalue weighted by molar-refractivity contribution is -0.150. The normalized spacial score (nSPS) is 9.61. The van der Waals surface area contributed by atoms with E-state index < -0.39 is 0 Å². The standard InChI is InChI=1S/2C12H22O4.C2H8N2/c2*1-3-5-9-15-11(13)7-8-12(14)16-10-6-4-2;3-1-2-4/h2*3-10H2,1-2H3;1-4H2. The van der Waals surface area contributed by atoms with E-state index >= 15 is 0 Å². The molecule has 0 aromatic rings. The summed E-state index contributed by atoms with van der Waals surface area (Å²) in [5.41, 5.74) is 9.81. The summed E-state index contributed by atoms with van der Waals surface area (Å²) in [5, 5.41) is 0. The molecule has 0 aromatic heterocycles. The highest BCUT2D eigenvalue weighted by Crippen LogP contribution is 2.00. The summed E-state index contributed by atoms with van der Waals surface area (Å²) < 4.78 is 19.6. The molecule has 0 amide bonds. The van der Waals surface area contributed by atoms with Crippen molar-refractivity contribution in [3.8, 4) is 0 Å². The third-order valence-corrected chi connectivity index (χ3v) is 4.28. The van der Waals surface area contributed by atoms with Crippen molar-refractivity contribution in [2.24, 2.45) is 11.5 Å². The molecule has 0 aromatic carbocycles. The molecule has 0 rings (SSSR count). The summed E-state index contributed by atoms with van der Waals surface area (Å²) in [4.78, 5) is 44.5. The van der Waals surface area contributed by atoms with E-state index in [9.17, 15) is 19.2 Å². The highest BCUT2D eigenvalue weighted by Gasteiger charge is 2.09. The number of carbonyl (C=O) groups excluding carboxylic acids is 4. The average Bonchev–Trinajstić information content (AvgIpc) is 2.87. The first-order valence-corrected chi connectivity index (χ1v) is 13.3. The monoisotopic (exact) mass is 520 g/mol. The lowest BCUT2D eigenvalue weighted by Crippen LogP contribution is -2.11. The summed E-state index contributed by atoms with van der Waals surface area (Å²) in [6.45, 7) is 11.1. The molecule has 0 heterocycles. The fourth-order valence-electron chi connectivity index (χ4n) is 2.02. The van der Waals surface area contributed by atoms with Crippen LogP contribution >= 0.6 is 0 Å². The smallest absolute Gasteiger partial charge is 0.306 e. The second-order valence-corrected chi connectivity index (χ2v) is 7.87. The van der Waals surface area contributed by atoms with Crippen LogP contribution in [0.25, 0.3) is 0 Å². The largest absolute Gasteiger partial charge is 0.466 e. The molecule has 0 aliphatic carbocycles. The molecular weight excluding hydrogens is 468 g/mol. The third-order valence-electron chi connectivity index (χ3n) is 4.28. The maximum atomic E-state index is 11.1. The number of esters is 4. The summed E-state index contributed by atoms with van der Waals surface area (Å²) in [6.07, 6.45) is 7.92. The number of rotatable bonds is 19. The van der Waals surface area contributed by atoms with Gasteiger partial charge in [0.15, 0.2) is 0 Å². The van der Waals surface area contributed by atoms with E-state index in [1.165, 1.54) is 0 Å². The number of unbranched alkanes of at least 4 members (excludes halogenated alkanes) is 4. The molecule has 10 nitrogen and oxygen atoms in total. The minimum Gasteiger partial charge on any atom is -0.466 e. The third kappa shape index (κ3) is 36.4. The van der Waals surface area contributed by atoms with E-state index in [0.717, 1.165) is 51.4 Å². The first kappa shape index (κ1) is 38.3. The second kappa shape index (κ2) is 32.8. The Kier molecular flexibility index (Phi) is 34.9. The predicted molar refractivity (Wildman–Crippen MR) is 140 cm³/mol. The number of hydrogen-bond acceptors (Lipinski definition) is 10. The molecule has 0 saturated carbocycles. The van der Waals surface area contributed by atoms with E-state index in [0.29, 0.717) is 39.5 Å². The Balaban J connectivity index is -0.000000526. The Morgan fingerprint density at radius 1 is 0.444 bits per heavy atom. The van der Waals surface area contributed by atoms with Crippen LogP contribution in [0.4, 0.5) is 0 Å². The van der Waals surface area contributed by atoms with Crippen LogP contribution in [0.1, 0.15) is 105 Å². The van der Waals surface area contributed by atoms with Gasteiger partial charge in [-0.2, -0.15) is 0 Å². The topological polar surface area (TPSA) is 157 Å². The fraction of sp³-hybridized carbons (Fsp3) is 0.846. The Morgan fingerprint density at radius 2 is 0.639 bits per heavy atom. The number of nitrogens with two attached hydrogens (primary N) is 2. The van der Waals surface area contributed by atoms with Gasteiger partial charge in [0.25, 0.3) is 0 Å². The van der Waals surface area contributed by atoms with Crippen molar-refractivity contribution in [1.82, 2.24) is 0 Å². The lowest BCUT2D eigenvalue weighted by atomic mass is 10.3. The van der Waals surface area contributed by atoms with E-state index in [-0.39, 0.29) is 49.6 Å². The van der Waals surface area contributed by atoms with Crippen LogP contribution in [0.2, 0.25) is 0 Å². The lowest BCUT2D eigenvalue weighted by Gasteiger charge is -2.04. The van der Waals surface area contributed by atoms with E-state index in [2.05, 4.69) is 0 Å². The summed E-state index contributed by atoms with van der Waals surface area (Å²) in [5.74, 6) is -1.27. The van der Waals surface area contributed by atoms with Crippen LogP contribution in [-0.2, 0) is 38.1 Å². The molecule has 10 heteroatoms. The highest BCUT2D eigenvalue weighted by molar-refractivity contribution is 5.78. The van der Waals surface area contributed by atoms with Crippen LogP contribution in [0.3, 0.4) is 0 Å². The minimum atomic E-state index is -0.319. The van der Waals surface area contributed by atoms with Gasteiger partial charge in [-0.15, -0.1) is 0 Å². The van der Waals surface area contributed by atoms with Gasteiger partial charge in [0.1, 0.15) is 0 Å². The maximum Gasteiger partial charge on any atom is 0.306 e. The molecule has 0 bridgehead atoms. The summed E-state index contributed by atoms with van der Waals surface area (Å²) in [7, 11) is 0. The quantitative estimate of drug-likeness (QED) is 0.146. The first-order chi connectivity index (χ1) is 17.3. The summed E-state index contributed by atoms with van der Waals surface area (Å²) >= 11 is 0. The van der Waals surface area contributed by atoms with Gasteiger partial charge in [-0.1, -0.05) is 53.4 Å². The molecule has 0 aliphatic heterocycles. The van der Waals surface area contributed by atoms with Crippen molar-refractivity contribution < 1.29 is 38.1 Å². The number of hydrogen-bond donors (Lipinski definition) is 2. The van der Waals surface area contributed by atoms with Crippen molar-refractivity contribution in [2.45, 2.75) is 105 Å². The highest BCUT2D eigenvalue weighted by atomic mass is 16.5. The van der Waals surface area contributed by atoms with Crippen LogP contribution in [-0.4, -0.2) is 63.4 Å². The van der Waals surface area contributed by atoms with Gasteiger partial charge in [0.05, 0.1) is 52.1 Å². The predicted octanol–water partition coefficient (Wildman–Crippen LogP) is 3.81. The van der Waals surface area contributed by atoms with Gasteiger partial charge in [-0.25, -0.2) is 0 Å². The van der Waals surface area contributed by atoms with Gasteiger partial charge in [-0.3, -0.25) is 19.2 Å². The van der Waals surface area contributed by atoms with Crippen LogP contribution in [0.5, 0.6) is 0 Å². The molecule has 0 fully saturated rings. The maximum absolute atomic E-state index is 11.1. The van der Waals surface area contributed by atoms with E-state index in [1.54, 1.807) is 0 Å². The van der Waals surface area contributed by atoms with Gasteiger partial charge in [0, 0.05) is 13.1 Å². The van der Waals surface area contributed by atoms with E-state index in [4.69, 9.17) is 30.4 Å². The first-order valence-electron chi connectivity index (χ1n) is 13.3. The van der Waals surface area contributed by atoms with Crippen LogP contribution < -0.4 is 11.5 Å². The van der Waals surface area contributed by atoms with Crippen molar-refractivity contribution >= 4 is 23.9 Å². The second-order valence-electron chi connectivity index (χ2n) is 7.87. The SMILES string of the molecule is CCCCOC(=O)CCC(=O)OCCCC.CCCCOC(=O)CCC(=O)OCCCC.NCCN. The number of carbonyl (C=O) groups is 4. The van der Waals surface area contributed by atoms with E-state index in [1.807, 2.05) is 27.7 Å². The molecule has 0 saturated heterocycles. The fourth-order valence-corrected chi connectivity index (χ4v) is 2.02. The molecule has 0 spiro atoms. The minimum absolute atomic E-state index is 0.120. The van der Waals surface area contributed by atoms with Crippen LogP contribution in [0.15, 0.2) is 0 Å². The van der Waals surface area contributed by atoms with Crippen molar-refractivity contribution in [2.75, 3.05) is 39.5 Å². The molecule has 214 valence electrons. The van der Waals surface area contributed by atoms with Crippen LogP contribution in [0, 0.1) is 0 Å². The Morgan fingerprint density at radius 3 is 0.778 bits per heavy atom. The van der Waals surface area contributed by atoms with Gasteiger partial charge in [-0.05, 0) is 25.7 Å². The molecule has 0 unspecified atom stereocenters. The van der Waals surface area contributed by atoms with Gasteiger partial charge >= 0.3 is 23.9 Å². The van der Waals surface area contributed by atoms with Crippen molar-refractivity contribution in [3.63, 3.8) is 0 Å². The average molecular weight is 521 g/mol. The molecule has 36 heavy (non-hydrogen) atoms. The molecule has 4 N–H and O–H groups in total. The van der Waals surface area contributed by atoms with Gasteiger partial charge in [0.2, 0.25) is 0 Å². The van der Waals surface area contributed by atoms with Crippen molar-refractivity contribution in [3.05, 3.63) is 0 Å².